The Labute approximate surface area is 278 Å². The van der Waals surface area contributed by atoms with Gasteiger partial charge in [-0.2, -0.15) is 0 Å². The summed E-state index contributed by atoms with van der Waals surface area (Å²) in [5.74, 6) is 5.48. The summed E-state index contributed by atoms with van der Waals surface area (Å²) in [5, 5.41) is 56.8. The molecule has 2 bridgehead atoms. The molecule has 2 aliphatic heterocycles. The van der Waals surface area contributed by atoms with E-state index in [-0.39, 0.29) is 61.3 Å². The van der Waals surface area contributed by atoms with Crippen LogP contribution in [0.1, 0.15) is 97.3 Å². The number of H-pyrrole nitrogens is 1. The van der Waals surface area contributed by atoms with Crippen LogP contribution in [-0.2, 0) is 17.6 Å². The number of carbonyl (C=O) groups excluding carboxylic acids is 1. The minimum atomic E-state index is -1.06. The summed E-state index contributed by atoms with van der Waals surface area (Å²) in [5.41, 5.74) is 12.2. The molecule has 48 heavy (non-hydrogen) atoms. The zero-order valence-corrected chi connectivity index (χ0v) is 26.8. The fourth-order valence-corrected chi connectivity index (χ4v) is 6.59. The first kappa shape index (κ1) is 33.2. The molecule has 252 valence electrons. The number of Topliss-reactive ketones (excluding diaryl/α,β-unsaturated/α-hetero) is 1. The number of hydrogen-bond acceptors (Lipinski definition) is 9. The van der Waals surface area contributed by atoms with Gasteiger partial charge < -0.3 is 50.9 Å². The van der Waals surface area contributed by atoms with Gasteiger partial charge in [-0.15, -0.1) is 0 Å². The maximum absolute atomic E-state index is 12.6. The van der Waals surface area contributed by atoms with Crippen molar-refractivity contribution in [1.82, 2.24) is 14.9 Å². The summed E-state index contributed by atoms with van der Waals surface area (Å²) in [6.07, 6.45) is 8.19. The number of benzene rings is 2. The van der Waals surface area contributed by atoms with E-state index in [1.165, 1.54) is 12.1 Å². The molecule has 0 amide bonds. The van der Waals surface area contributed by atoms with E-state index >= 15 is 0 Å². The molecule has 0 radical (unpaired) electrons. The van der Waals surface area contributed by atoms with Gasteiger partial charge in [0, 0.05) is 49.3 Å². The highest BCUT2D eigenvalue weighted by Gasteiger charge is 2.24. The predicted octanol–water partition coefficient (Wildman–Crippen LogP) is 4.32. The molecule has 0 spiro atoms. The Kier molecular flexibility index (Phi) is 9.80. The molecule has 4 heterocycles. The van der Waals surface area contributed by atoms with E-state index < -0.39 is 24.5 Å². The van der Waals surface area contributed by atoms with Gasteiger partial charge >= 0.3 is 0 Å². The van der Waals surface area contributed by atoms with Crippen LogP contribution in [0.5, 0.6) is 17.2 Å². The highest BCUT2D eigenvalue weighted by molar-refractivity contribution is 5.84. The summed E-state index contributed by atoms with van der Waals surface area (Å²) < 4.78 is 8.17. The molecule has 0 unspecified atom stereocenters. The van der Waals surface area contributed by atoms with Crippen LogP contribution in [0.4, 0.5) is 0 Å². The van der Waals surface area contributed by atoms with E-state index in [2.05, 4.69) is 22.1 Å². The van der Waals surface area contributed by atoms with Crippen LogP contribution in [0, 0.1) is 11.8 Å². The first-order valence-electron chi connectivity index (χ1n) is 16.4. The minimum Gasteiger partial charge on any atom is -0.508 e. The number of nitrogens with one attached hydrogen (secondary N) is 2. The Hall–Kier alpha value is -4.73. The average molecular weight is 655 g/mol. The van der Waals surface area contributed by atoms with Gasteiger partial charge in [-0.1, -0.05) is 37.3 Å². The normalized spacial score (nSPS) is 19.6. The molecule has 2 aromatic carbocycles. The highest BCUT2D eigenvalue weighted by atomic mass is 16.5. The predicted molar refractivity (Wildman–Crippen MR) is 181 cm³/mol. The van der Waals surface area contributed by atoms with Crippen LogP contribution in [0.25, 0.3) is 17.0 Å². The zero-order chi connectivity index (χ0) is 33.9. The Bertz CT molecular complexity index is 1900. The number of aromatic hydroxyl groups is 2. The van der Waals surface area contributed by atoms with Crippen molar-refractivity contribution >= 4 is 22.8 Å². The van der Waals surface area contributed by atoms with Crippen LogP contribution >= 0.6 is 0 Å². The van der Waals surface area contributed by atoms with Crippen molar-refractivity contribution in [1.29, 1.82) is 0 Å². The van der Waals surface area contributed by atoms with Gasteiger partial charge in [0.2, 0.25) is 0 Å². The maximum Gasteiger partial charge on any atom is 0.186 e. The van der Waals surface area contributed by atoms with Crippen molar-refractivity contribution in [3.05, 3.63) is 82.4 Å². The largest absolute Gasteiger partial charge is 0.508 e. The first-order chi connectivity index (χ1) is 23.1. The van der Waals surface area contributed by atoms with Gasteiger partial charge in [-0.25, -0.2) is 0 Å². The number of nitrogens with zero attached hydrogens (tertiary/aromatic N) is 1. The highest BCUT2D eigenvalue weighted by Crippen LogP contribution is 2.38. The third kappa shape index (κ3) is 7.07. The molecule has 11 heteroatoms. The van der Waals surface area contributed by atoms with E-state index in [4.69, 9.17) is 10.5 Å². The number of aliphatic hydroxyl groups excluding tert-OH is 3. The summed E-state index contributed by atoms with van der Waals surface area (Å²) >= 11 is 0. The van der Waals surface area contributed by atoms with E-state index in [9.17, 15) is 30.3 Å². The number of fused-ring (bicyclic) bond motifs is 4. The quantitative estimate of drug-likeness (QED) is 0.109. The SMILES string of the molecule is CCC[C@H](O)C[C@@H](O)CC(=O)CCc1cc(O[C@@H]2CC#C[C@@H](O)c3ccc4c(c3Cc3c[nH]c5cn2cc35)C=CN[C@@H]4N)c(O)cc1O. The van der Waals surface area contributed by atoms with Gasteiger partial charge in [-0.3, -0.25) is 4.79 Å². The summed E-state index contributed by atoms with van der Waals surface area (Å²) in [6.45, 7) is 1.94. The maximum atomic E-state index is 12.6. The van der Waals surface area contributed by atoms with Crippen molar-refractivity contribution in [2.45, 2.75) is 89.0 Å². The zero-order valence-electron chi connectivity index (χ0n) is 26.8. The molecule has 5 atom stereocenters. The number of aryl methyl sites for hydroxylation is 1. The average Bonchev–Trinajstić information content (AvgIpc) is 3.62. The second kappa shape index (κ2) is 14.2. The van der Waals surface area contributed by atoms with Gasteiger partial charge in [0.15, 0.2) is 17.7 Å². The summed E-state index contributed by atoms with van der Waals surface area (Å²) in [6, 6.07) is 6.48. The summed E-state index contributed by atoms with van der Waals surface area (Å²) in [4.78, 5) is 15.9. The number of ketones is 1. The van der Waals surface area contributed by atoms with Crippen LogP contribution in [0.3, 0.4) is 0 Å². The van der Waals surface area contributed by atoms with Crippen LogP contribution in [-0.4, -0.2) is 53.1 Å². The third-order valence-corrected chi connectivity index (χ3v) is 9.12. The molecule has 0 fully saturated rings. The number of hydrogen-bond donors (Lipinski definition) is 8. The molecule has 4 aromatic rings. The Morgan fingerprint density at radius 1 is 1.15 bits per heavy atom. The number of nitrogens with two attached hydrogens (primary N) is 1. The Balaban J connectivity index is 1.24. The van der Waals surface area contributed by atoms with E-state index in [0.29, 0.717) is 24.0 Å². The lowest BCUT2D eigenvalue weighted by atomic mass is 9.87. The minimum absolute atomic E-state index is 0.0551. The van der Waals surface area contributed by atoms with Crippen LogP contribution in [0.15, 0.2) is 49.1 Å². The molecular weight excluding hydrogens is 612 g/mol. The van der Waals surface area contributed by atoms with Crippen molar-refractivity contribution in [3.8, 4) is 29.1 Å². The molecule has 11 nitrogen and oxygen atoms in total. The first-order valence-corrected chi connectivity index (χ1v) is 16.4. The van der Waals surface area contributed by atoms with E-state index in [1.54, 1.807) is 0 Å². The number of aliphatic hydroxyl groups is 3. The number of ether oxygens (including phenoxy) is 1. The molecule has 0 aliphatic carbocycles. The Morgan fingerprint density at radius 3 is 2.77 bits per heavy atom. The molecule has 9 N–H and O–H groups in total. The molecule has 6 rings (SSSR count). The standard InChI is InChI=1S/C37H42N4O7/c1-2-4-23(42)15-25(44)16-24(43)8-7-21-14-35(34(47)17-33(21)46)48-36-6-3-5-32(45)27-9-10-28-26(11-12-39-37(28)38)29(27)13-22-18-40-31-20-41(36)19-30(22)31/h9-12,14,17-20,23,25,32,36-37,39-40,42,44-47H,2,4,6-8,13,15-16,38H2,1H3/t23-,25+,32+,36+,37-/m0/s1. The fraction of sp³-hybridized carbons (Fsp3) is 0.378. The second-order valence-corrected chi connectivity index (χ2v) is 12.7. The van der Waals surface area contributed by atoms with Crippen molar-refractivity contribution in [3.63, 3.8) is 0 Å². The second-order valence-electron chi connectivity index (χ2n) is 12.7. The summed E-state index contributed by atoms with van der Waals surface area (Å²) in [7, 11) is 0. The molecule has 0 saturated carbocycles. The van der Waals surface area contributed by atoms with Gasteiger partial charge in [0.05, 0.1) is 24.1 Å². The van der Waals surface area contributed by atoms with E-state index in [1.807, 2.05) is 54.5 Å². The number of aromatic amines is 1. The number of carbonyl (C=O) groups is 1. The lowest BCUT2D eigenvalue weighted by molar-refractivity contribution is -0.121. The smallest absolute Gasteiger partial charge is 0.186 e. The van der Waals surface area contributed by atoms with Crippen molar-refractivity contribution < 1.29 is 35.1 Å². The van der Waals surface area contributed by atoms with E-state index in [0.717, 1.165) is 39.6 Å². The molecular formula is C37H42N4O7. The number of rotatable bonds is 11. The molecule has 0 saturated heterocycles. The molecule has 2 aromatic heterocycles. The molecule has 2 aliphatic rings. The monoisotopic (exact) mass is 654 g/mol. The number of aromatic nitrogens is 2. The third-order valence-electron chi connectivity index (χ3n) is 9.12. The van der Waals surface area contributed by atoms with Crippen LogP contribution in [0.2, 0.25) is 0 Å². The van der Waals surface area contributed by atoms with Gasteiger partial charge in [0.1, 0.15) is 23.8 Å². The lowest BCUT2D eigenvalue weighted by Crippen LogP contribution is -2.28. The number of phenolic OH excluding ortho intramolecular Hbond substituents is 2. The fourth-order valence-electron chi connectivity index (χ4n) is 6.59. The number of phenols is 2. The van der Waals surface area contributed by atoms with Crippen molar-refractivity contribution in [2.24, 2.45) is 5.73 Å². The van der Waals surface area contributed by atoms with Gasteiger partial charge in [-0.05, 0) is 71.0 Å². The Morgan fingerprint density at radius 2 is 1.96 bits per heavy atom. The lowest BCUT2D eigenvalue weighted by Gasteiger charge is -2.25. The topological polar surface area (TPSA) is 186 Å². The van der Waals surface area contributed by atoms with Crippen LogP contribution < -0.4 is 15.8 Å². The van der Waals surface area contributed by atoms with Crippen molar-refractivity contribution in [2.75, 3.05) is 0 Å². The van der Waals surface area contributed by atoms with Gasteiger partial charge in [0.25, 0.3) is 0 Å².